The molecule has 0 saturated carbocycles. The fraction of sp³-hybridized carbons (Fsp3) is 0.269. The number of aliphatic imine (C=N–C) groups is 1. The fourth-order valence-electron chi connectivity index (χ4n) is 3.18. The molecule has 1 aromatic rings. The fourth-order valence-corrected chi connectivity index (χ4v) is 3.18. The van der Waals surface area contributed by atoms with E-state index >= 15 is 0 Å². The standard InChI is InChI=1S/C26H33N3/c1-8-9-24(28(4)5)17-10-20(2)26(21-11-15-23(27-3)16-12-21)22-13-18-25(19-14-22)29(6)7/h8,10-19H,1,9H2,2-7H3/b20-10+,24-17+,26-21?,27-23?. The summed E-state index contributed by atoms with van der Waals surface area (Å²) in [5, 5.41) is 0. The van der Waals surface area contributed by atoms with Crippen molar-refractivity contribution >= 4 is 17.0 Å². The third kappa shape index (κ3) is 5.95. The molecule has 0 bridgehead atoms. The number of anilines is 1. The molecule has 0 aliphatic heterocycles. The van der Waals surface area contributed by atoms with Gasteiger partial charge in [0.1, 0.15) is 0 Å². The van der Waals surface area contributed by atoms with Gasteiger partial charge in [0.25, 0.3) is 0 Å². The maximum Gasteiger partial charge on any atom is 0.0571 e. The summed E-state index contributed by atoms with van der Waals surface area (Å²) in [6.07, 6.45) is 15.6. The Labute approximate surface area is 176 Å². The van der Waals surface area contributed by atoms with Crippen LogP contribution in [0.1, 0.15) is 18.9 Å². The first-order valence-corrected chi connectivity index (χ1v) is 9.88. The first kappa shape index (κ1) is 22.2. The molecule has 0 spiro atoms. The second-order valence-electron chi connectivity index (χ2n) is 7.48. The van der Waals surface area contributed by atoms with Gasteiger partial charge in [0.2, 0.25) is 0 Å². The van der Waals surface area contributed by atoms with Crippen molar-refractivity contribution in [3.63, 3.8) is 0 Å². The second-order valence-corrected chi connectivity index (χ2v) is 7.48. The van der Waals surface area contributed by atoms with Gasteiger partial charge in [-0.25, -0.2) is 0 Å². The van der Waals surface area contributed by atoms with Crippen LogP contribution in [0.4, 0.5) is 5.69 Å². The van der Waals surface area contributed by atoms with Crippen LogP contribution in [0.15, 0.2) is 95.2 Å². The van der Waals surface area contributed by atoms with E-state index in [1.807, 2.05) is 13.1 Å². The number of rotatable bonds is 7. The number of benzene rings is 1. The van der Waals surface area contributed by atoms with Gasteiger partial charge < -0.3 is 9.80 Å². The molecule has 0 aromatic heterocycles. The summed E-state index contributed by atoms with van der Waals surface area (Å²) < 4.78 is 0. The van der Waals surface area contributed by atoms with E-state index in [-0.39, 0.29) is 0 Å². The monoisotopic (exact) mass is 387 g/mol. The predicted molar refractivity (Wildman–Crippen MR) is 130 cm³/mol. The predicted octanol–water partition coefficient (Wildman–Crippen LogP) is 5.67. The Morgan fingerprint density at radius 2 is 1.59 bits per heavy atom. The molecule has 0 fully saturated rings. The summed E-state index contributed by atoms with van der Waals surface area (Å²) in [7, 11) is 10.1. The van der Waals surface area contributed by atoms with E-state index in [1.165, 1.54) is 33.7 Å². The third-order valence-electron chi connectivity index (χ3n) is 4.93. The molecule has 3 nitrogen and oxygen atoms in total. The molecule has 1 aliphatic carbocycles. The molecule has 0 N–H and O–H groups in total. The van der Waals surface area contributed by atoms with Crippen LogP contribution in [-0.2, 0) is 0 Å². The Morgan fingerprint density at radius 1 is 0.966 bits per heavy atom. The highest BCUT2D eigenvalue weighted by molar-refractivity contribution is 6.07. The average molecular weight is 388 g/mol. The number of hydrogen-bond donors (Lipinski definition) is 0. The minimum absolute atomic E-state index is 0.844. The smallest absolute Gasteiger partial charge is 0.0571 e. The van der Waals surface area contributed by atoms with Crippen molar-refractivity contribution in [1.82, 2.24) is 4.90 Å². The maximum atomic E-state index is 4.27. The van der Waals surface area contributed by atoms with Gasteiger partial charge in [0, 0.05) is 53.0 Å². The van der Waals surface area contributed by atoms with Gasteiger partial charge in [-0.05, 0) is 59.6 Å². The maximum absolute atomic E-state index is 4.27. The van der Waals surface area contributed by atoms with Gasteiger partial charge in [0.15, 0.2) is 0 Å². The van der Waals surface area contributed by atoms with Crippen LogP contribution in [0.25, 0.3) is 5.57 Å². The molecule has 2 rings (SSSR count). The van der Waals surface area contributed by atoms with Crippen molar-refractivity contribution in [1.29, 1.82) is 0 Å². The zero-order valence-corrected chi connectivity index (χ0v) is 18.6. The zero-order chi connectivity index (χ0) is 21.4. The molecule has 0 atom stereocenters. The lowest BCUT2D eigenvalue weighted by Gasteiger charge is -2.18. The molecule has 0 unspecified atom stereocenters. The highest BCUT2D eigenvalue weighted by Gasteiger charge is 2.11. The number of nitrogens with zero attached hydrogens (tertiary/aromatic N) is 3. The topological polar surface area (TPSA) is 18.8 Å². The lowest BCUT2D eigenvalue weighted by Crippen LogP contribution is -2.10. The van der Waals surface area contributed by atoms with Gasteiger partial charge in [0.05, 0.1) is 5.71 Å². The van der Waals surface area contributed by atoms with Crippen LogP contribution < -0.4 is 4.90 Å². The van der Waals surface area contributed by atoms with E-state index in [0.717, 1.165) is 12.1 Å². The SMILES string of the molecule is C=CC/C(=C\C=C(/C)C(=C1C=CC(=NC)C=C1)c1ccc(N(C)C)cc1)N(C)C. The van der Waals surface area contributed by atoms with Gasteiger partial charge in [-0.1, -0.05) is 36.4 Å². The summed E-state index contributed by atoms with van der Waals surface area (Å²) in [5.41, 5.74) is 8.23. The van der Waals surface area contributed by atoms with Gasteiger partial charge >= 0.3 is 0 Å². The minimum Gasteiger partial charge on any atom is -0.381 e. The van der Waals surface area contributed by atoms with E-state index in [1.54, 1.807) is 0 Å². The van der Waals surface area contributed by atoms with Crippen molar-refractivity contribution in [2.45, 2.75) is 13.3 Å². The minimum atomic E-state index is 0.844. The molecule has 0 saturated heterocycles. The summed E-state index contributed by atoms with van der Waals surface area (Å²) in [6.45, 7) is 6.04. The lowest BCUT2D eigenvalue weighted by molar-refractivity contribution is 0.501. The van der Waals surface area contributed by atoms with Crippen molar-refractivity contribution in [2.75, 3.05) is 40.1 Å². The quantitative estimate of drug-likeness (QED) is 0.443. The Hall–Kier alpha value is -3.07. The van der Waals surface area contributed by atoms with Gasteiger partial charge in [-0.15, -0.1) is 6.58 Å². The molecule has 29 heavy (non-hydrogen) atoms. The zero-order valence-electron chi connectivity index (χ0n) is 18.6. The number of hydrogen-bond acceptors (Lipinski definition) is 3. The molecule has 0 heterocycles. The summed E-state index contributed by atoms with van der Waals surface area (Å²) in [4.78, 5) is 8.51. The van der Waals surface area contributed by atoms with E-state index in [2.05, 4.69) is 117 Å². The summed E-state index contributed by atoms with van der Waals surface area (Å²) >= 11 is 0. The van der Waals surface area contributed by atoms with Gasteiger partial charge in [-0.2, -0.15) is 0 Å². The van der Waals surface area contributed by atoms with Crippen molar-refractivity contribution in [2.24, 2.45) is 4.99 Å². The molecule has 3 heteroatoms. The Kier molecular flexibility index (Phi) is 8.02. The Balaban J connectivity index is 2.56. The van der Waals surface area contributed by atoms with Gasteiger partial charge in [-0.3, -0.25) is 4.99 Å². The highest BCUT2D eigenvalue weighted by Crippen LogP contribution is 2.31. The Bertz CT molecular complexity index is 884. The molecular weight excluding hydrogens is 354 g/mol. The van der Waals surface area contributed by atoms with E-state index < -0.39 is 0 Å². The van der Waals surface area contributed by atoms with Crippen LogP contribution in [-0.4, -0.2) is 45.8 Å². The summed E-state index contributed by atoms with van der Waals surface area (Å²) in [6, 6.07) is 8.72. The second kappa shape index (κ2) is 10.5. The van der Waals surface area contributed by atoms with Crippen molar-refractivity contribution < 1.29 is 0 Å². The van der Waals surface area contributed by atoms with Crippen LogP contribution in [0, 0.1) is 0 Å². The van der Waals surface area contributed by atoms with Crippen LogP contribution in [0.2, 0.25) is 0 Å². The highest BCUT2D eigenvalue weighted by atomic mass is 15.1. The largest absolute Gasteiger partial charge is 0.381 e. The molecule has 152 valence electrons. The molecular formula is C26H33N3. The molecule has 0 amide bonds. The lowest BCUT2D eigenvalue weighted by atomic mass is 9.91. The molecule has 1 aliphatic rings. The normalized spacial score (nSPS) is 14.1. The van der Waals surface area contributed by atoms with Crippen LogP contribution >= 0.6 is 0 Å². The first-order valence-electron chi connectivity index (χ1n) is 9.88. The average Bonchev–Trinajstić information content (AvgIpc) is 2.72. The number of allylic oxidation sites excluding steroid dienone is 10. The molecule has 0 radical (unpaired) electrons. The van der Waals surface area contributed by atoms with Crippen molar-refractivity contribution in [3.05, 3.63) is 95.8 Å². The molecule has 1 aromatic carbocycles. The van der Waals surface area contributed by atoms with Crippen LogP contribution in [0.5, 0.6) is 0 Å². The van der Waals surface area contributed by atoms with Crippen molar-refractivity contribution in [3.8, 4) is 0 Å². The van der Waals surface area contributed by atoms with E-state index in [4.69, 9.17) is 0 Å². The van der Waals surface area contributed by atoms with Crippen LogP contribution in [0.3, 0.4) is 0 Å². The van der Waals surface area contributed by atoms with E-state index in [0.29, 0.717) is 0 Å². The Morgan fingerprint density at radius 3 is 2.07 bits per heavy atom. The van der Waals surface area contributed by atoms with E-state index in [9.17, 15) is 0 Å². The third-order valence-corrected chi connectivity index (χ3v) is 4.93. The first-order chi connectivity index (χ1) is 13.9. The summed E-state index contributed by atoms with van der Waals surface area (Å²) in [5.74, 6) is 0.